The van der Waals surface area contributed by atoms with E-state index in [-0.39, 0.29) is 11.4 Å². The number of amides is 1. The Morgan fingerprint density at radius 1 is 1.24 bits per heavy atom. The minimum atomic E-state index is 0.0824. The largest absolute Gasteiger partial charge is 0.378 e. The van der Waals surface area contributed by atoms with E-state index >= 15 is 0 Å². The number of morpholine rings is 1. The van der Waals surface area contributed by atoms with Gasteiger partial charge in [0.15, 0.2) is 0 Å². The third kappa shape index (κ3) is 3.08. The van der Waals surface area contributed by atoms with Gasteiger partial charge >= 0.3 is 0 Å². The van der Waals surface area contributed by atoms with E-state index < -0.39 is 0 Å². The van der Waals surface area contributed by atoms with Crippen LogP contribution in [-0.2, 0) is 4.74 Å². The maximum Gasteiger partial charge on any atom is 0.253 e. The standard InChI is InChI=1S/C19H26ClN3O2/c1-14(2)22-12-19(13-22)11-21(9-17-10-25-8-7-23(17)19)18(24)15-3-5-16(20)6-4-15/h3-6,14,17H,7-13H2,1-2H3. The molecule has 1 spiro atoms. The molecule has 3 aliphatic heterocycles. The number of nitrogens with zero attached hydrogens (tertiary/aromatic N) is 3. The van der Waals surface area contributed by atoms with Crippen molar-refractivity contribution in [2.45, 2.75) is 31.5 Å². The van der Waals surface area contributed by atoms with Crippen LogP contribution in [0.4, 0.5) is 0 Å². The molecule has 0 aromatic heterocycles. The Hall–Kier alpha value is -1.14. The van der Waals surface area contributed by atoms with Gasteiger partial charge in [-0.15, -0.1) is 0 Å². The minimum Gasteiger partial charge on any atom is -0.378 e. The molecule has 1 amide bonds. The first-order valence-electron chi connectivity index (χ1n) is 9.12. The highest BCUT2D eigenvalue weighted by Crippen LogP contribution is 2.37. The van der Waals surface area contributed by atoms with Crippen LogP contribution >= 0.6 is 11.6 Å². The highest BCUT2D eigenvalue weighted by atomic mass is 35.5. The molecule has 1 aromatic rings. The lowest BCUT2D eigenvalue weighted by molar-refractivity contribution is -0.163. The van der Waals surface area contributed by atoms with Crippen LogP contribution in [0.15, 0.2) is 24.3 Å². The van der Waals surface area contributed by atoms with E-state index in [0.717, 1.165) is 39.3 Å². The summed E-state index contributed by atoms with van der Waals surface area (Å²) in [6.07, 6.45) is 0. The van der Waals surface area contributed by atoms with Gasteiger partial charge in [0.1, 0.15) is 0 Å². The van der Waals surface area contributed by atoms with Gasteiger partial charge in [0.2, 0.25) is 0 Å². The van der Waals surface area contributed by atoms with Gasteiger partial charge in [0.25, 0.3) is 5.91 Å². The van der Waals surface area contributed by atoms with Gasteiger partial charge in [-0.25, -0.2) is 0 Å². The Balaban J connectivity index is 1.56. The lowest BCUT2D eigenvalue weighted by Crippen LogP contribution is -2.81. The fourth-order valence-electron chi connectivity index (χ4n) is 4.48. The van der Waals surface area contributed by atoms with Crippen molar-refractivity contribution in [2.24, 2.45) is 0 Å². The molecule has 25 heavy (non-hydrogen) atoms. The average molecular weight is 364 g/mol. The Morgan fingerprint density at radius 3 is 2.64 bits per heavy atom. The predicted molar refractivity (Wildman–Crippen MR) is 98.1 cm³/mol. The molecule has 0 radical (unpaired) electrons. The fraction of sp³-hybridized carbons (Fsp3) is 0.632. The first kappa shape index (κ1) is 17.3. The van der Waals surface area contributed by atoms with Gasteiger partial charge in [0, 0.05) is 49.4 Å². The number of likely N-dealkylation sites (tertiary alicyclic amines) is 1. The maximum absolute atomic E-state index is 13.0. The van der Waals surface area contributed by atoms with Crippen molar-refractivity contribution in [3.8, 4) is 0 Å². The van der Waals surface area contributed by atoms with Crippen molar-refractivity contribution >= 4 is 17.5 Å². The number of carbonyl (C=O) groups excluding carboxylic acids is 1. The number of halogens is 1. The topological polar surface area (TPSA) is 36.0 Å². The molecule has 4 rings (SSSR count). The number of benzene rings is 1. The molecule has 1 unspecified atom stereocenters. The zero-order valence-electron chi connectivity index (χ0n) is 14.9. The molecule has 3 heterocycles. The third-order valence-electron chi connectivity index (χ3n) is 5.86. The highest BCUT2D eigenvalue weighted by molar-refractivity contribution is 6.30. The van der Waals surface area contributed by atoms with Crippen LogP contribution in [-0.4, -0.2) is 84.2 Å². The summed E-state index contributed by atoms with van der Waals surface area (Å²) in [7, 11) is 0. The van der Waals surface area contributed by atoms with E-state index in [1.807, 2.05) is 17.0 Å². The predicted octanol–water partition coefficient (Wildman–Crippen LogP) is 1.96. The second-order valence-corrected chi connectivity index (χ2v) is 8.27. The summed E-state index contributed by atoms with van der Waals surface area (Å²) in [5.41, 5.74) is 0.795. The normalized spacial score (nSPS) is 26.6. The summed E-state index contributed by atoms with van der Waals surface area (Å²) in [6, 6.07) is 8.06. The van der Waals surface area contributed by atoms with Gasteiger partial charge in [0.05, 0.1) is 24.8 Å². The summed E-state index contributed by atoms with van der Waals surface area (Å²) in [6.45, 7) is 10.6. The second kappa shape index (κ2) is 6.54. The van der Waals surface area contributed by atoms with Gasteiger partial charge in [-0.05, 0) is 38.1 Å². The molecule has 1 aromatic carbocycles. The summed E-state index contributed by atoms with van der Waals surface area (Å²) >= 11 is 5.96. The van der Waals surface area contributed by atoms with E-state index in [1.54, 1.807) is 12.1 Å². The van der Waals surface area contributed by atoms with Crippen molar-refractivity contribution in [1.82, 2.24) is 14.7 Å². The Labute approximate surface area is 154 Å². The van der Waals surface area contributed by atoms with E-state index in [0.29, 0.717) is 29.3 Å². The lowest BCUT2D eigenvalue weighted by Gasteiger charge is -2.64. The highest BCUT2D eigenvalue weighted by Gasteiger charge is 2.55. The molecule has 1 atom stereocenters. The molecule has 5 nitrogen and oxygen atoms in total. The Bertz CT molecular complexity index is 643. The Morgan fingerprint density at radius 2 is 1.96 bits per heavy atom. The van der Waals surface area contributed by atoms with Crippen LogP contribution in [0.2, 0.25) is 5.02 Å². The summed E-state index contributed by atoms with van der Waals surface area (Å²) in [5, 5.41) is 0.657. The van der Waals surface area contributed by atoms with Crippen molar-refractivity contribution in [3.63, 3.8) is 0 Å². The van der Waals surface area contributed by atoms with Crippen molar-refractivity contribution < 1.29 is 9.53 Å². The van der Waals surface area contributed by atoms with Crippen molar-refractivity contribution in [1.29, 1.82) is 0 Å². The molecule has 0 aliphatic carbocycles. The van der Waals surface area contributed by atoms with Gasteiger partial charge in [-0.2, -0.15) is 0 Å². The zero-order valence-corrected chi connectivity index (χ0v) is 15.7. The molecule has 0 N–H and O–H groups in total. The van der Waals surface area contributed by atoms with E-state index in [4.69, 9.17) is 16.3 Å². The number of ether oxygens (including phenoxy) is 1. The van der Waals surface area contributed by atoms with E-state index in [1.165, 1.54) is 0 Å². The van der Waals surface area contributed by atoms with Crippen LogP contribution in [0.5, 0.6) is 0 Å². The number of fused-ring (bicyclic) bond motifs is 2. The molecule has 3 aliphatic rings. The molecule has 6 heteroatoms. The number of piperazine rings is 1. The third-order valence-corrected chi connectivity index (χ3v) is 6.11. The van der Waals surface area contributed by atoms with Crippen molar-refractivity contribution in [2.75, 3.05) is 45.9 Å². The summed E-state index contributed by atoms with van der Waals surface area (Å²) in [4.78, 5) is 20.2. The quantitative estimate of drug-likeness (QED) is 0.804. The van der Waals surface area contributed by atoms with E-state index in [2.05, 4.69) is 23.6 Å². The summed E-state index contributed by atoms with van der Waals surface area (Å²) in [5.74, 6) is 0.101. The van der Waals surface area contributed by atoms with Crippen LogP contribution < -0.4 is 0 Å². The minimum absolute atomic E-state index is 0.0824. The molecule has 136 valence electrons. The van der Waals surface area contributed by atoms with Crippen LogP contribution in [0.25, 0.3) is 0 Å². The number of rotatable bonds is 2. The van der Waals surface area contributed by atoms with Crippen LogP contribution in [0.3, 0.4) is 0 Å². The molecular formula is C19H26ClN3O2. The first-order valence-corrected chi connectivity index (χ1v) is 9.50. The zero-order chi connectivity index (χ0) is 17.6. The number of carbonyl (C=O) groups is 1. The molecule has 0 bridgehead atoms. The smallest absolute Gasteiger partial charge is 0.253 e. The van der Waals surface area contributed by atoms with Crippen molar-refractivity contribution in [3.05, 3.63) is 34.9 Å². The Kier molecular flexibility index (Phi) is 4.52. The maximum atomic E-state index is 13.0. The molecule has 3 fully saturated rings. The fourth-order valence-corrected chi connectivity index (χ4v) is 4.61. The number of hydrogen-bond acceptors (Lipinski definition) is 4. The lowest BCUT2D eigenvalue weighted by atomic mass is 9.81. The monoisotopic (exact) mass is 363 g/mol. The molecule has 3 saturated heterocycles. The average Bonchev–Trinajstić information content (AvgIpc) is 2.58. The van der Waals surface area contributed by atoms with E-state index in [9.17, 15) is 4.79 Å². The second-order valence-electron chi connectivity index (χ2n) is 7.84. The van der Waals surface area contributed by atoms with Gasteiger partial charge in [-0.1, -0.05) is 11.6 Å². The van der Waals surface area contributed by atoms with Gasteiger partial charge < -0.3 is 9.64 Å². The molecular weight excluding hydrogens is 338 g/mol. The first-order chi connectivity index (χ1) is 12.0. The number of hydrogen-bond donors (Lipinski definition) is 0. The van der Waals surface area contributed by atoms with Gasteiger partial charge in [-0.3, -0.25) is 14.6 Å². The van der Waals surface area contributed by atoms with Crippen LogP contribution in [0.1, 0.15) is 24.2 Å². The summed E-state index contributed by atoms with van der Waals surface area (Å²) < 4.78 is 5.71. The van der Waals surface area contributed by atoms with Crippen LogP contribution in [0, 0.1) is 0 Å². The molecule has 0 saturated carbocycles. The SMILES string of the molecule is CC(C)N1CC2(CN(C(=O)c3ccc(Cl)cc3)CC3COCCN32)C1.